The van der Waals surface area contributed by atoms with Gasteiger partial charge in [0.15, 0.2) is 0 Å². The molecular formula is C61H100N16O20. The van der Waals surface area contributed by atoms with Crippen molar-refractivity contribution in [2.75, 3.05) is 26.2 Å². The Balaban J connectivity index is 2.55. The Morgan fingerprint density at radius 1 is 0.464 bits per heavy atom. The topological polar surface area (TPSA) is 613 Å². The standard InChI is InChI=1S/C61H100N16O20/c1-8-29(3)46(56(91)73-47(30(4)9-2)57(92)77-49(32(6)80)58(93)70-37(18-12-14-22-62)51(86)72-41(61(96)97)25-43(65)82)74-60(95)50(33(7)81)76-52(87)38(19-13-15-23-63)68-54(89)40(24-34-27-66-36-17-11-10-16-35(34)36)71-59(94)48(31(5)79)75-53(88)39(20-21-45(84)85)69-55(90)42(28-78)67-44(83)26-64/h10-11,16-17,27,29-33,37-42,46-50,66,78-81H,8-9,12-15,18-26,28,62-64H2,1-7H3,(H2,65,82)(H,67,83)(H,68,89)(H,69,90)(H,70,93)(H,71,94)(H,72,86)(H,73,91)(H,74,95)(H,75,88)(H,76,87)(H,77,92)(H,84,85)(H,96,97)/t29-,30-,31+,32+,33+,37-,38-,39-,40-,41-,42-,46-,47-,48-,49-,50-/m0/s1. The lowest BCUT2D eigenvalue weighted by molar-refractivity contribution is -0.144. The zero-order valence-corrected chi connectivity index (χ0v) is 55.6. The molecule has 1 heterocycles. The number of primary amides is 1. The van der Waals surface area contributed by atoms with Gasteiger partial charge in [-0.1, -0.05) is 58.7 Å². The van der Waals surface area contributed by atoms with Gasteiger partial charge in [-0.2, -0.15) is 0 Å². The number of nitrogens with one attached hydrogen (secondary N) is 12. The predicted molar refractivity (Wildman–Crippen MR) is 347 cm³/mol. The molecule has 0 spiro atoms. The monoisotopic (exact) mass is 1380 g/mol. The van der Waals surface area contributed by atoms with Gasteiger partial charge in [-0.3, -0.25) is 62.3 Å². The van der Waals surface area contributed by atoms with E-state index in [0.717, 1.165) is 20.8 Å². The lowest BCUT2D eigenvalue weighted by Gasteiger charge is -2.32. The molecule has 0 saturated carbocycles. The van der Waals surface area contributed by atoms with Crippen LogP contribution in [0, 0.1) is 11.8 Å². The van der Waals surface area contributed by atoms with Gasteiger partial charge in [0.05, 0.1) is 37.9 Å². The first-order valence-corrected chi connectivity index (χ1v) is 32.1. The second-order valence-electron chi connectivity index (χ2n) is 23.8. The third-order valence-electron chi connectivity index (χ3n) is 16.0. The predicted octanol–water partition coefficient (Wildman–Crippen LogP) is -6.69. The second kappa shape index (κ2) is 42.6. The van der Waals surface area contributed by atoms with E-state index in [1.807, 2.05) is 0 Å². The van der Waals surface area contributed by atoms with Gasteiger partial charge in [0.1, 0.15) is 66.5 Å². The molecule has 36 nitrogen and oxygen atoms in total. The summed E-state index contributed by atoms with van der Waals surface area (Å²) in [6.45, 7) is 8.67. The summed E-state index contributed by atoms with van der Waals surface area (Å²) in [5.74, 6) is -17.2. The highest BCUT2D eigenvalue weighted by atomic mass is 16.4. The van der Waals surface area contributed by atoms with Gasteiger partial charge in [-0.15, -0.1) is 0 Å². The van der Waals surface area contributed by atoms with Crippen molar-refractivity contribution in [1.29, 1.82) is 0 Å². The van der Waals surface area contributed by atoms with Gasteiger partial charge in [-0.25, -0.2) is 4.79 Å². The molecule has 0 saturated heterocycles. The molecule has 1 aromatic heterocycles. The molecule has 0 radical (unpaired) electrons. The minimum Gasteiger partial charge on any atom is -0.481 e. The molecule has 0 unspecified atom stereocenters. The van der Waals surface area contributed by atoms with E-state index >= 15 is 0 Å². The summed E-state index contributed by atoms with van der Waals surface area (Å²) >= 11 is 0. The van der Waals surface area contributed by atoms with Crippen LogP contribution in [0.3, 0.4) is 0 Å². The van der Waals surface area contributed by atoms with E-state index in [-0.39, 0.29) is 58.0 Å². The Morgan fingerprint density at radius 2 is 0.835 bits per heavy atom. The maximum Gasteiger partial charge on any atom is 0.326 e. The third-order valence-corrected chi connectivity index (χ3v) is 16.0. The molecule has 0 aliphatic rings. The third kappa shape index (κ3) is 28.0. The maximum absolute atomic E-state index is 14.7. The Labute approximate surface area is 560 Å². The van der Waals surface area contributed by atoms with Crippen LogP contribution in [0.4, 0.5) is 0 Å². The molecule has 36 heteroatoms. The minimum absolute atomic E-state index is 0.0994. The number of rotatable bonds is 46. The quantitative estimate of drug-likeness (QED) is 0.0274. The second-order valence-corrected chi connectivity index (χ2v) is 23.8. The molecule has 0 fully saturated rings. The van der Waals surface area contributed by atoms with Crippen molar-refractivity contribution in [2.24, 2.45) is 34.8 Å². The highest BCUT2D eigenvalue weighted by Crippen LogP contribution is 2.21. The number of carboxylic acid groups (broad SMARTS) is 2. The molecule has 1 aromatic carbocycles. The van der Waals surface area contributed by atoms with Crippen LogP contribution >= 0.6 is 0 Å². The van der Waals surface area contributed by atoms with Crippen LogP contribution in [0.15, 0.2) is 30.5 Å². The zero-order valence-electron chi connectivity index (χ0n) is 55.6. The number of carboxylic acids is 2. The number of carbonyl (C=O) groups is 14. The highest BCUT2D eigenvalue weighted by Gasteiger charge is 2.40. The summed E-state index contributed by atoms with van der Waals surface area (Å²) in [6, 6.07) is -11.6. The van der Waals surface area contributed by atoms with E-state index < -0.39 is 212 Å². The summed E-state index contributed by atoms with van der Waals surface area (Å²) in [5, 5.41) is 88.6. The average molecular weight is 1380 g/mol. The molecule has 16 atom stereocenters. The van der Waals surface area contributed by atoms with E-state index in [1.54, 1.807) is 58.2 Å². The van der Waals surface area contributed by atoms with E-state index in [2.05, 4.69) is 63.5 Å². The van der Waals surface area contributed by atoms with Crippen LogP contribution in [0.25, 0.3) is 10.9 Å². The Morgan fingerprint density at radius 3 is 1.25 bits per heavy atom. The lowest BCUT2D eigenvalue weighted by Crippen LogP contribution is -2.64. The summed E-state index contributed by atoms with van der Waals surface area (Å²) < 4.78 is 0. The number of aromatic amines is 1. The molecule has 26 N–H and O–H groups in total. The number of unbranched alkanes of at least 4 members (excludes halogenated alkanes) is 2. The molecule has 2 aromatic rings. The van der Waals surface area contributed by atoms with Crippen LogP contribution < -0.4 is 81.4 Å². The van der Waals surface area contributed by atoms with Crippen molar-refractivity contribution >= 4 is 93.7 Å². The molecule has 544 valence electrons. The van der Waals surface area contributed by atoms with Crippen molar-refractivity contribution in [1.82, 2.24) is 63.5 Å². The van der Waals surface area contributed by atoms with Gasteiger partial charge in [0, 0.05) is 29.9 Å². The molecule has 12 amide bonds. The van der Waals surface area contributed by atoms with E-state index in [4.69, 9.17) is 22.9 Å². The number of aromatic nitrogens is 1. The molecule has 0 aliphatic carbocycles. The first-order chi connectivity index (χ1) is 45.7. The van der Waals surface area contributed by atoms with Crippen molar-refractivity contribution < 1.29 is 97.8 Å². The van der Waals surface area contributed by atoms with Gasteiger partial charge >= 0.3 is 11.9 Å². The van der Waals surface area contributed by atoms with E-state index in [1.165, 1.54) is 0 Å². The molecule has 0 aliphatic heterocycles. The average Bonchev–Trinajstić information content (AvgIpc) is 1.79. The van der Waals surface area contributed by atoms with Crippen LogP contribution in [0.5, 0.6) is 0 Å². The fourth-order valence-corrected chi connectivity index (χ4v) is 9.83. The fourth-order valence-electron chi connectivity index (χ4n) is 9.83. The summed E-state index contributed by atoms with van der Waals surface area (Å²) in [5.41, 5.74) is 23.0. The summed E-state index contributed by atoms with van der Waals surface area (Å²) in [4.78, 5) is 191. The van der Waals surface area contributed by atoms with Crippen LogP contribution in [-0.4, -0.2) is 229 Å². The van der Waals surface area contributed by atoms with Gasteiger partial charge in [-0.05, 0) is 102 Å². The van der Waals surface area contributed by atoms with E-state index in [9.17, 15) is 97.8 Å². The number of aliphatic carboxylic acids is 2. The summed E-state index contributed by atoms with van der Waals surface area (Å²) in [7, 11) is 0. The van der Waals surface area contributed by atoms with Gasteiger partial charge in [0.2, 0.25) is 70.9 Å². The SMILES string of the molecule is CC[C@H](C)[C@H](NC(=O)[C@@H](NC(=O)[C@H](CCCCN)NC(=O)[C@H](Cc1c[nH]c2ccccc12)NC(=O)[C@@H](NC(=O)[C@H](CCC(=O)O)NC(=O)[C@H](CO)NC(=O)CN)[C@@H](C)O)[C@@H](C)O)C(=O)N[C@H](C(=O)N[C@H](C(=O)N[C@@H](CCCCN)C(=O)N[C@@H](CC(N)=O)C(=O)O)[C@@H](C)O)[C@@H](C)CC. The van der Waals surface area contributed by atoms with Crippen LogP contribution in [0.2, 0.25) is 0 Å². The Bertz CT molecular complexity index is 3000. The highest BCUT2D eigenvalue weighted by molar-refractivity contribution is 6.00. The first-order valence-electron chi connectivity index (χ1n) is 32.1. The zero-order chi connectivity index (χ0) is 73.4. The number of amides is 12. The minimum atomic E-state index is -1.94. The van der Waals surface area contributed by atoms with Crippen molar-refractivity contribution in [2.45, 2.75) is 210 Å². The van der Waals surface area contributed by atoms with Crippen LogP contribution in [-0.2, 0) is 73.5 Å². The number of aliphatic hydroxyl groups excluding tert-OH is 4. The molecular weight excluding hydrogens is 1280 g/mol. The van der Waals surface area contributed by atoms with Crippen molar-refractivity contribution in [3.63, 3.8) is 0 Å². The van der Waals surface area contributed by atoms with Crippen molar-refractivity contribution in [3.8, 4) is 0 Å². The number of benzene rings is 1. The fraction of sp³-hybridized carbons (Fsp3) is 0.639. The number of nitrogens with two attached hydrogens (primary N) is 4. The molecule has 0 bridgehead atoms. The van der Waals surface area contributed by atoms with Gasteiger partial charge in [0.25, 0.3) is 0 Å². The number of hydrogen-bond acceptors (Lipinski definition) is 21. The normalized spacial score (nSPS) is 16.2. The van der Waals surface area contributed by atoms with Gasteiger partial charge < -0.3 is 117 Å². The number of fused-ring (bicyclic) bond motifs is 1. The number of hydrogen-bond donors (Lipinski definition) is 22. The number of para-hydroxylation sites is 1. The smallest absolute Gasteiger partial charge is 0.326 e. The van der Waals surface area contributed by atoms with E-state index in [0.29, 0.717) is 29.3 Å². The first kappa shape index (κ1) is 84.1. The Kier molecular flexibility index (Phi) is 36.9. The number of H-pyrrole nitrogens is 1. The number of carbonyl (C=O) groups excluding carboxylic acids is 12. The van der Waals surface area contributed by atoms with Crippen LogP contribution in [0.1, 0.15) is 125 Å². The molecule has 97 heavy (non-hydrogen) atoms. The summed E-state index contributed by atoms with van der Waals surface area (Å²) in [6.07, 6.45) is -4.70. The maximum atomic E-state index is 14.7. The van der Waals surface area contributed by atoms with Crippen molar-refractivity contribution in [3.05, 3.63) is 36.0 Å². The largest absolute Gasteiger partial charge is 0.481 e. The lowest BCUT2D eigenvalue weighted by atomic mass is 9.94. The Hall–Kier alpha value is -8.94. The number of aliphatic hydroxyl groups is 4. The molecule has 2 rings (SSSR count).